The van der Waals surface area contributed by atoms with Crippen molar-refractivity contribution in [3.8, 4) is 0 Å². The molecule has 0 saturated carbocycles. The quantitative estimate of drug-likeness (QED) is 0.834. The molecule has 2 rings (SSSR count). The van der Waals surface area contributed by atoms with Crippen LogP contribution in [0.5, 0.6) is 0 Å². The summed E-state index contributed by atoms with van der Waals surface area (Å²) in [5, 5.41) is 2.38. The molecule has 0 saturated heterocycles. The van der Waals surface area contributed by atoms with Crippen LogP contribution in [0.4, 0.5) is 18.9 Å². The summed E-state index contributed by atoms with van der Waals surface area (Å²) >= 11 is 0. The van der Waals surface area contributed by atoms with E-state index in [4.69, 9.17) is 0 Å². The van der Waals surface area contributed by atoms with Crippen molar-refractivity contribution in [3.63, 3.8) is 0 Å². The third-order valence-corrected chi connectivity index (χ3v) is 3.45. The molecule has 1 N–H and O–H groups in total. The third-order valence-electron chi connectivity index (χ3n) is 3.45. The normalized spacial score (nSPS) is 11.4. The largest absolute Gasteiger partial charge is 0.416 e. The maximum atomic E-state index is 12.7. The Balaban J connectivity index is 2.03. The summed E-state index contributed by atoms with van der Waals surface area (Å²) in [6.07, 6.45) is -1.75. The zero-order valence-electron chi connectivity index (χ0n) is 14.2. The molecule has 0 aliphatic heterocycles. The molecular weight excluding hydrogens is 345 g/mol. The molecule has 4 nitrogen and oxygen atoms in total. The van der Waals surface area contributed by atoms with Gasteiger partial charge in [-0.05, 0) is 42.0 Å². The molecule has 0 aliphatic rings. The number of nitrogens with zero attached hydrogens (tertiary/aromatic N) is 1. The van der Waals surface area contributed by atoms with E-state index in [9.17, 15) is 22.8 Å². The van der Waals surface area contributed by atoms with Gasteiger partial charge in [0.1, 0.15) is 0 Å². The summed E-state index contributed by atoms with van der Waals surface area (Å²) in [5.74, 6) is -0.694. The van der Waals surface area contributed by atoms with E-state index in [1.54, 1.807) is 38.4 Å². The molecular formula is C19H17F3N2O2. The Hall–Kier alpha value is -3.09. The van der Waals surface area contributed by atoms with Gasteiger partial charge in [-0.25, -0.2) is 0 Å². The predicted molar refractivity (Wildman–Crippen MR) is 93.6 cm³/mol. The average Bonchev–Trinajstić information content (AvgIpc) is 2.59. The Bertz CT molecular complexity index is 825. The van der Waals surface area contributed by atoms with E-state index in [1.807, 2.05) is 0 Å². The van der Waals surface area contributed by atoms with Crippen LogP contribution in [0, 0.1) is 0 Å². The van der Waals surface area contributed by atoms with Gasteiger partial charge in [0.15, 0.2) is 0 Å². The van der Waals surface area contributed by atoms with Crippen LogP contribution in [0.15, 0.2) is 54.6 Å². The molecule has 0 atom stereocenters. The lowest BCUT2D eigenvalue weighted by atomic mass is 10.1. The number of rotatable bonds is 4. The lowest BCUT2D eigenvalue weighted by Crippen LogP contribution is -2.21. The van der Waals surface area contributed by atoms with Gasteiger partial charge in [0.2, 0.25) is 5.91 Å². The van der Waals surface area contributed by atoms with Gasteiger partial charge < -0.3 is 10.2 Å². The fraction of sp³-hybridized carbons (Fsp3) is 0.158. The highest BCUT2D eigenvalue weighted by Crippen LogP contribution is 2.30. The van der Waals surface area contributed by atoms with E-state index in [1.165, 1.54) is 29.2 Å². The molecule has 0 aliphatic carbocycles. The summed E-state index contributed by atoms with van der Waals surface area (Å²) in [6.45, 7) is 0. The van der Waals surface area contributed by atoms with Crippen LogP contribution in [0.2, 0.25) is 0 Å². The number of benzene rings is 2. The summed E-state index contributed by atoms with van der Waals surface area (Å²) in [6, 6.07) is 11.0. The second-order valence-electron chi connectivity index (χ2n) is 5.72. The number of hydrogen-bond acceptors (Lipinski definition) is 2. The molecule has 2 aromatic carbocycles. The number of amides is 2. The topological polar surface area (TPSA) is 49.4 Å². The van der Waals surface area contributed by atoms with E-state index >= 15 is 0 Å². The first kappa shape index (κ1) is 19.2. The Morgan fingerprint density at radius 1 is 1.04 bits per heavy atom. The summed E-state index contributed by atoms with van der Waals surface area (Å²) < 4.78 is 38.0. The summed E-state index contributed by atoms with van der Waals surface area (Å²) in [4.78, 5) is 25.1. The fourth-order valence-corrected chi connectivity index (χ4v) is 2.12. The number of carbonyl (C=O) groups excluding carboxylic acids is 2. The second kappa shape index (κ2) is 7.86. The number of nitrogens with one attached hydrogen (secondary N) is 1. The molecule has 0 heterocycles. The molecule has 0 spiro atoms. The fourth-order valence-electron chi connectivity index (χ4n) is 2.12. The van der Waals surface area contributed by atoms with E-state index in [0.29, 0.717) is 11.1 Å². The zero-order valence-corrected chi connectivity index (χ0v) is 14.2. The van der Waals surface area contributed by atoms with Gasteiger partial charge >= 0.3 is 6.18 Å². The third kappa shape index (κ3) is 5.20. The first-order valence-corrected chi connectivity index (χ1v) is 7.65. The lowest BCUT2D eigenvalue weighted by molar-refractivity contribution is -0.137. The van der Waals surface area contributed by atoms with Gasteiger partial charge in [0, 0.05) is 31.4 Å². The number of hydrogen-bond donors (Lipinski definition) is 1. The first-order chi connectivity index (χ1) is 12.2. The summed E-state index contributed by atoms with van der Waals surface area (Å²) in [7, 11) is 3.29. The number of halogens is 3. The van der Waals surface area contributed by atoms with Gasteiger partial charge in [-0.15, -0.1) is 0 Å². The second-order valence-corrected chi connectivity index (χ2v) is 5.72. The van der Waals surface area contributed by atoms with Crippen molar-refractivity contribution in [3.05, 3.63) is 71.3 Å². The van der Waals surface area contributed by atoms with Crippen molar-refractivity contribution in [2.75, 3.05) is 19.4 Å². The minimum absolute atomic E-state index is 0.0569. The number of carbonyl (C=O) groups is 2. The van der Waals surface area contributed by atoms with E-state index in [2.05, 4.69) is 5.32 Å². The van der Waals surface area contributed by atoms with Crippen LogP contribution >= 0.6 is 0 Å². The van der Waals surface area contributed by atoms with Gasteiger partial charge in [-0.2, -0.15) is 13.2 Å². The van der Waals surface area contributed by atoms with Gasteiger partial charge in [0.05, 0.1) is 5.56 Å². The van der Waals surface area contributed by atoms with Gasteiger partial charge in [-0.3, -0.25) is 9.59 Å². The Morgan fingerprint density at radius 2 is 1.69 bits per heavy atom. The minimum Gasteiger partial charge on any atom is -0.345 e. The van der Waals surface area contributed by atoms with Crippen molar-refractivity contribution in [2.45, 2.75) is 6.18 Å². The molecule has 2 amide bonds. The van der Waals surface area contributed by atoms with Crippen LogP contribution in [0.1, 0.15) is 21.5 Å². The number of alkyl halides is 3. The van der Waals surface area contributed by atoms with Crippen molar-refractivity contribution >= 4 is 23.6 Å². The molecule has 0 bridgehead atoms. The predicted octanol–water partition coefficient (Wildman–Crippen LogP) is 4.06. The maximum absolute atomic E-state index is 12.7. The molecule has 2 aromatic rings. The molecule has 0 unspecified atom stereocenters. The SMILES string of the molecule is CN(C)C(=O)c1ccc(/C=C/C(=O)Nc2cccc(C(F)(F)F)c2)cc1. The van der Waals surface area contributed by atoms with E-state index in [0.717, 1.165) is 12.1 Å². The standard InChI is InChI=1S/C19H17F3N2O2/c1-24(2)18(26)14-9-6-13(7-10-14)8-11-17(25)23-16-5-3-4-15(12-16)19(20,21)22/h3-12H,1-2H3,(H,23,25)/b11-8+. The van der Waals surface area contributed by atoms with Crippen molar-refractivity contribution in [1.82, 2.24) is 4.90 Å². The van der Waals surface area contributed by atoms with Gasteiger partial charge in [-0.1, -0.05) is 18.2 Å². The highest BCUT2D eigenvalue weighted by molar-refractivity contribution is 6.02. The van der Waals surface area contributed by atoms with Gasteiger partial charge in [0.25, 0.3) is 5.91 Å². The highest BCUT2D eigenvalue weighted by Gasteiger charge is 2.30. The van der Waals surface area contributed by atoms with Crippen LogP contribution in [-0.2, 0) is 11.0 Å². The first-order valence-electron chi connectivity index (χ1n) is 7.65. The van der Waals surface area contributed by atoms with Crippen molar-refractivity contribution < 1.29 is 22.8 Å². The molecule has 0 radical (unpaired) electrons. The molecule has 0 fully saturated rings. The van der Waals surface area contributed by atoms with E-state index in [-0.39, 0.29) is 11.6 Å². The van der Waals surface area contributed by atoms with E-state index < -0.39 is 17.6 Å². The molecule has 136 valence electrons. The smallest absolute Gasteiger partial charge is 0.345 e. The Labute approximate surface area is 148 Å². The number of anilines is 1. The summed E-state index contributed by atoms with van der Waals surface area (Å²) in [5.41, 5.74) is 0.418. The van der Waals surface area contributed by atoms with Crippen molar-refractivity contribution in [2.24, 2.45) is 0 Å². The maximum Gasteiger partial charge on any atom is 0.416 e. The Morgan fingerprint density at radius 3 is 2.27 bits per heavy atom. The zero-order chi connectivity index (χ0) is 19.3. The van der Waals surface area contributed by atoms with Crippen LogP contribution in [-0.4, -0.2) is 30.8 Å². The highest BCUT2D eigenvalue weighted by atomic mass is 19.4. The Kier molecular flexibility index (Phi) is 5.82. The molecule has 7 heteroatoms. The lowest BCUT2D eigenvalue weighted by Gasteiger charge is -2.10. The van der Waals surface area contributed by atoms with Crippen LogP contribution in [0.3, 0.4) is 0 Å². The molecule has 0 aromatic heterocycles. The molecule has 26 heavy (non-hydrogen) atoms. The monoisotopic (exact) mass is 362 g/mol. The van der Waals surface area contributed by atoms with Crippen molar-refractivity contribution in [1.29, 1.82) is 0 Å². The average molecular weight is 362 g/mol. The van der Waals surface area contributed by atoms with Crippen LogP contribution in [0.25, 0.3) is 6.08 Å². The van der Waals surface area contributed by atoms with Crippen LogP contribution < -0.4 is 5.32 Å². The minimum atomic E-state index is -4.47.